The number of hydrogen-bond donors (Lipinski definition) is 0. The Hall–Kier alpha value is -2.45. The fraction of sp³-hybridized carbons (Fsp3) is 0.0500. The average molecular weight is 303 g/mol. The Kier molecular flexibility index (Phi) is 4.62. The van der Waals surface area contributed by atoms with Gasteiger partial charge in [0.2, 0.25) is 0 Å². The minimum atomic E-state index is 0.750. The summed E-state index contributed by atoms with van der Waals surface area (Å²) in [6.07, 6.45) is 0.750. The normalized spacial score (nSPS) is 10.2. The van der Waals surface area contributed by atoms with Gasteiger partial charge in [-0.25, -0.2) is 0 Å². The number of nitrogens with zero attached hydrogens (tertiary/aromatic N) is 1. The summed E-state index contributed by atoms with van der Waals surface area (Å²) in [5.74, 6) is 0. The van der Waals surface area contributed by atoms with Gasteiger partial charge in [0.25, 0.3) is 0 Å². The molecule has 108 valence electrons. The van der Waals surface area contributed by atoms with Gasteiger partial charge in [-0.15, -0.1) is 0 Å². The molecule has 2 heteroatoms. The van der Waals surface area contributed by atoms with E-state index in [0.29, 0.717) is 0 Å². The number of rotatable bonds is 4. The molecule has 0 amide bonds. The number of hydrogen-bond acceptors (Lipinski definition) is 1. The highest BCUT2D eigenvalue weighted by molar-refractivity contribution is 7.80. The van der Waals surface area contributed by atoms with Gasteiger partial charge < -0.3 is 4.90 Å². The number of thiocarbonyl (C=S) groups is 1. The minimum Gasteiger partial charge on any atom is -0.304 e. The van der Waals surface area contributed by atoms with Crippen molar-refractivity contribution >= 4 is 28.6 Å². The maximum Gasteiger partial charge on any atom is 0.0913 e. The Bertz CT molecular complexity index is 684. The minimum absolute atomic E-state index is 0.750. The van der Waals surface area contributed by atoms with Gasteiger partial charge in [0.05, 0.1) is 4.99 Å². The van der Waals surface area contributed by atoms with E-state index in [1.807, 2.05) is 54.6 Å². The summed E-state index contributed by atoms with van der Waals surface area (Å²) >= 11 is 5.75. The Morgan fingerprint density at radius 2 is 1.05 bits per heavy atom. The number of para-hydroxylation sites is 2. The highest BCUT2D eigenvalue weighted by Gasteiger charge is 2.14. The number of anilines is 2. The molecule has 3 aromatic rings. The topological polar surface area (TPSA) is 3.24 Å². The van der Waals surface area contributed by atoms with Crippen molar-refractivity contribution in [3.63, 3.8) is 0 Å². The van der Waals surface area contributed by atoms with Crippen LogP contribution in [0, 0.1) is 0 Å². The van der Waals surface area contributed by atoms with Crippen molar-refractivity contribution in [2.24, 2.45) is 0 Å². The lowest BCUT2D eigenvalue weighted by Crippen LogP contribution is -2.25. The fourth-order valence-electron chi connectivity index (χ4n) is 2.44. The van der Waals surface area contributed by atoms with E-state index < -0.39 is 0 Å². The Labute approximate surface area is 136 Å². The van der Waals surface area contributed by atoms with Crippen LogP contribution in [0.3, 0.4) is 0 Å². The van der Waals surface area contributed by atoms with Crippen molar-refractivity contribution in [3.8, 4) is 0 Å². The highest BCUT2D eigenvalue weighted by Crippen LogP contribution is 2.26. The zero-order chi connectivity index (χ0) is 15.2. The van der Waals surface area contributed by atoms with Crippen LogP contribution in [0.1, 0.15) is 5.56 Å². The second-order valence-corrected chi connectivity index (χ2v) is 5.53. The molecule has 0 saturated carbocycles. The van der Waals surface area contributed by atoms with E-state index in [2.05, 4.69) is 41.3 Å². The molecular formula is C20H17NS. The summed E-state index contributed by atoms with van der Waals surface area (Å²) < 4.78 is 0. The zero-order valence-electron chi connectivity index (χ0n) is 12.2. The van der Waals surface area contributed by atoms with Gasteiger partial charge in [-0.2, -0.15) is 0 Å². The quantitative estimate of drug-likeness (QED) is 0.594. The monoisotopic (exact) mass is 303 g/mol. The lowest BCUT2D eigenvalue weighted by Gasteiger charge is -2.25. The number of benzene rings is 3. The molecule has 0 atom stereocenters. The van der Waals surface area contributed by atoms with Crippen molar-refractivity contribution in [2.45, 2.75) is 6.42 Å². The Balaban J connectivity index is 1.94. The van der Waals surface area contributed by atoms with Crippen molar-refractivity contribution in [3.05, 3.63) is 96.6 Å². The van der Waals surface area contributed by atoms with Crippen molar-refractivity contribution in [2.75, 3.05) is 4.90 Å². The summed E-state index contributed by atoms with van der Waals surface area (Å²) in [7, 11) is 0. The van der Waals surface area contributed by atoms with Crippen molar-refractivity contribution in [1.29, 1.82) is 0 Å². The van der Waals surface area contributed by atoms with Crippen LogP contribution in [0.2, 0.25) is 0 Å². The second kappa shape index (κ2) is 7.01. The summed E-state index contributed by atoms with van der Waals surface area (Å²) in [4.78, 5) is 3.03. The van der Waals surface area contributed by atoms with Gasteiger partial charge in [-0.05, 0) is 29.8 Å². The molecule has 22 heavy (non-hydrogen) atoms. The molecule has 0 radical (unpaired) electrons. The molecule has 0 heterocycles. The van der Waals surface area contributed by atoms with E-state index in [1.165, 1.54) is 5.56 Å². The Morgan fingerprint density at radius 1 is 0.636 bits per heavy atom. The third kappa shape index (κ3) is 3.41. The lowest BCUT2D eigenvalue weighted by atomic mass is 10.1. The first-order chi connectivity index (χ1) is 10.8. The predicted molar refractivity (Wildman–Crippen MR) is 97.8 cm³/mol. The summed E-state index contributed by atoms with van der Waals surface area (Å²) in [6, 6.07) is 30.9. The Morgan fingerprint density at radius 3 is 1.50 bits per heavy atom. The van der Waals surface area contributed by atoms with E-state index in [1.54, 1.807) is 0 Å². The van der Waals surface area contributed by atoms with Crippen LogP contribution in [0.4, 0.5) is 11.4 Å². The van der Waals surface area contributed by atoms with Crippen LogP contribution < -0.4 is 4.90 Å². The summed E-state index contributed by atoms with van der Waals surface area (Å²) in [5.41, 5.74) is 3.41. The van der Waals surface area contributed by atoms with E-state index in [0.717, 1.165) is 22.8 Å². The van der Waals surface area contributed by atoms with E-state index in [-0.39, 0.29) is 0 Å². The highest BCUT2D eigenvalue weighted by atomic mass is 32.1. The molecule has 0 N–H and O–H groups in total. The summed E-state index contributed by atoms with van der Waals surface area (Å²) in [6.45, 7) is 0. The van der Waals surface area contributed by atoms with Gasteiger partial charge in [0.15, 0.2) is 0 Å². The molecule has 0 aliphatic heterocycles. The fourth-order valence-corrected chi connectivity index (χ4v) is 2.82. The van der Waals surface area contributed by atoms with Crippen LogP contribution in [0.5, 0.6) is 0 Å². The molecule has 0 spiro atoms. The molecule has 0 aromatic heterocycles. The van der Waals surface area contributed by atoms with Gasteiger partial charge in [0, 0.05) is 17.8 Å². The predicted octanol–water partition coefficient (Wildman–Crippen LogP) is 5.39. The van der Waals surface area contributed by atoms with E-state index >= 15 is 0 Å². The standard InChI is InChI=1S/C20H17NS/c22-20(16-17-10-4-1-5-11-17)21(18-12-6-2-7-13-18)19-14-8-3-9-15-19/h1-15H,16H2. The van der Waals surface area contributed by atoms with E-state index in [4.69, 9.17) is 12.2 Å². The van der Waals surface area contributed by atoms with Crippen LogP contribution in [-0.4, -0.2) is 4.99 Å². The molecule has 0 aliphatic rings. The molecule has 0 bridgehead atoms. The van der Waals surface area contributed by atoms with Gasteiger partial charge >= 0.3 is 0 Å². The molecule has 3 rings (SSSR count). The molecular weight excluding hydrogens is 286 g/mol. The van der Waals surface area contributed by atoms with Crippen LogP contribution in [0.25, 0.3) is 0 Å². The average Bonchev–Trinajstić information content (AvgIpc) is 2.58. The first kappa shape index (κ1) is 14.5. The maximum absolute atomic E-state index is 5.75. The molecule has 3 aromatic carbocycles. The molecule has 1 nitrogen and oxygen atoms in total. The maximum atomic E-state index is 5.75. The first-order valence-electron chi connectivity index (χ1n) is 7.31. The van der Waals surface area contributed by atoms with Crippen LogP contribution in [0.15, 0.2) is 91.0 Å². The SMILES string of the molecule is S=C(Cc1ccccc1)N(c1ccccc1)c1ccccc1. The largest absolute Gasteiger partial charge is 0.304 e. The smallest absolute Gasteiger partial charge is 0.0913 e. The van der Waals surface area contributed by atoms with Crippen LogP contribution >= 0.6 is 12.2 Å². The molecule has 0 aliphatic carbocycles. The van der Waals surface area contributed by atoms with Gasteiger partial charge in [-0.1, -0.05) is 78.9 Å². The van der Waals surface area contributed by atoms with Crippen molar-refractivity contribution < 1.29 is 0 Å². The van der Waals surface area contributed by atoms with Crippen LogP contribution in [-0.2, 0) is 6.42 Å². The first-order valence-corrected chi connectivity index (χ1v) is 7.72. The summed E-state index contributed by atoms with van der Waals surface area (Å²) in [5, 5.41) is 0. The molecule has 0 fully saturated rings. The second-order valence-electron chi connectivity index (χ2n) is 5.06. The lowest BCUT2D eigenvalue weighted by molar-refractivity contribution is 1.26. The van der Waals surface area contributed by atoms with Crippen molar-refractivity contribution in [1.82, 2.24) is 0 Å². The van der Waals surface area contributed by atoms with Gasteiger partial charge in [0.1, 0.15) is 0 Å². The molecule has 0 saturated heterocycles. The third-order valence-electron chi connectivity index (χ3n) is 3.48. The zero-order valence-corrected chi connectivity index (χ0v) is 13.0. The van der Waals surface area contributed by atoms with E-state index in [9.17, 15) is 0 Å². The molecule has 0 unspecified atom stereocenters. The van der Waals surface area contributed by atoms with Gasteiger partial charge in [-0.3, -0.25) is 0 Å². The third-order valence-corrected chi connectivity index (χ3v) is 3.80.